The van der Waals surface area contributed by atoms with Crippen molar-refractivity contribution in [2.45, 2.75) is 37.3 Å². The number of guanidine groups is 1. The van der Waals surface area contributed by atoms with Gasteiger partial charge in [-0.05, 0) is 31.4 Å². The Hall–Kier alpha value is -0.480. The molecule has 0 aromatic heterocycles. The molecule has 1 N–H and O–H groups in total. The highest BCUT2D eigenvalue weighted by atomic mass is 127. The SMILES string of the molecule is CCNC(=NCCCS(=O)(=O)c1ccccc1)N1CCSC(C(C)C)C1.I. The Morgan fingerprint density at radius 2 is 2.04 bits per heavy atom. The number of aliphatic imine (C=N–C) groups is 1. The number of hydrogen-bond acceptors (Lipinski definition) is 4. The predicted molar refractivity (Wildman–Crippen MR) is 127 cm³/mol. The number of benzene rings is 1. The molecule has 1 unspecified atom stereocenters. The molecule has 1 heterocycles. The smallest absolute Gasteiger partial charge is 0.193 e. The fourth-order valence-electron chi connectivity index (χ4n) is 2.88. The topological polar surface area (TPSA) is 61.8 Å². The van der Waals surface area contributed by atoms with Crippen LogP contribution in [0.1, 0.15) is 27.2 Å². The minimum Gasteiger partial charge on any atom is -0.357 e. The molecule has 1 aromatic carbocycles. The van der Waals surface area contributed by atoms with Crippen molar-refractivity contribution in [1.82, 2.24) is 10.2 Å². The van der Waals surface area contributed by atoms with Crippen molar-refractivity contribution in [2.75, 3.05) is 37.7 Å². The van der Waals surface area contributed by atoms with E-state index >= 15 is 0 Å². The summed E-state index contributed by atoms with van der Waals surface area (Å²) in [6.07, 6.45) is 0.530. The van der Waals surface area contributed by atoms with E-state index in [-0.39, 0.29) is 29.7 Å². The summed E-state index contributed by atoms with van der Waals surface area (Å²) in [4.78, 5) is 7.39. The van der Waals surface area contributed by atoms with Gasteiger partial charge < -0.3 is 10.2 Å². The maximum Gasteiger partial charge on any atom is 0.193 e. The fourth-order valence-corrected chi connectivity index (χ4v) is 5.50. The molecular weight excluding hydrogens is 493 g/mol. The third-order valence-corrected chi connectivity index (χ3v) is 7.76. The summed E-state index contributed by atoms with van der Waals surface area (Å²) in [6, 6.07) is 8.65. The van der Waals surface area contributed by atoms with Crippen LogP contribution < -0.4 is 5.32 Å². The van der Waals surface area contributed by atoms with Gasteiger partial charge in [-0.15, -0.1) is 24.0 Å². The van der Waals surface area contributed by atoms with Crippen LogP contribution in [-0.4, -0.2) is 62.2 Å². The molecule has 1 saturated heterocycles. The maximum absolute atomic E-state index is 12.3. The lowest BCUT2D eigenvalue weighted by atomic mass is 10.1. The quantitative estimate of drug-likeness (QED) is 0.256. The van der Waals surface area contributed by atoms with Crippen LogP contribution in [0.3, 0.4) is 0 Å². The Morgan fingerprint density at radius 1 is 1.33 bits per heavy atom. The second-order valence-corrected chi connectivity index (χ2v) is 10.3. The monoisotopic (exact) mass is 525 g/mol. The number of nitrogens with zero attached hydrogens (tertiary/aromatic N) is 2. The molecule has 1 aliphatic rings. The van der Waals surface area contributed by atoms with Crippen LogP contribution in [0, 0.1) is 5.92 Å². The van der Waals surface area contributed by atoms with Crippen molar-refractivity contribution in [3.05, 3.63) is 30.3 Å². The van der Waals surface area contributed by atoms with E-state index in [1.165, 1.54) is 0 Å². The normalized spacial score (nSPS) is 18.3. The number of nitrogens with one attached hydrogen (secondary N) is 1. The first-order chi connectivity index (χ1) is 12.4. The van der Waals surface area contributed by atoms with E-state index in [1.54, 1.807) is 24.3 Å². The van der Waals surface area contributed by atoms with Gasteiger partial charge >= 0.3 is 0 Å². The van der Waals surface area contributed by atoms with Crippen molar-refractivity contribution in [3.63, 3.8) is 0 Å². The second kappa shape index (κ2) is 12.2. The Morgan fingerprint density at radius 3 is 2.67 bits per heavy atom. The Bertz CT molecular complexity index is 681. The summed E-state index contributed by atoms with van der Waals surface area (Å²) in [5.74, 6) is 2.79. The first kappa shape index (κ1) is 24.6. The molecule has 27 heavy (non-hydrogen) atoms. The van der Waals surface area contributed by atoms with E-state index in [0.717, 1.165) is 31.3 Å². The lowest BCUT2D eigenvalue weighted by Gasteiger charge is -2.36. The Labute approximate surface area is 185 Å². The molecule has 0 spiro atoms. The Balaban J connectivity index is 0.00000364. The van der Waals surface area contributed by atoms with E-state index in [1.807, 2.05) is 17.8 Å². The highest BCUT2D eigenvalue weighted by molar-refractivity contribution is 14.0. The first-order valence-electron chi connectivity index (χ1n) is 9.36. The van der Waals surface area contributed by atoms with Crippen LogP contribution in [-0.2, 0) is 9.84 Å². The maximum atomic E-state index is 12.3. The van der Waals surface area contributed by atoms with Gasteiger partial charge in [-0.1, -0.05) is 32.0 Å². The molecule has 8 heteroatoms. The van der Waals surface area contributed by atoms with E-state index in [0.29, 0.717) is 29.0 Å². The number of thioether (sulfide) groups is 1. The van der Waals surface area contributed by atoms with Crippen molar-refractivity contribution >= 4 is 51.5 Å². The number of rotatable bonds is 7. The number of hydrogen-bond donors (Lipinski definition) is 1. The zero-order valence-corrected chi connectivity index (χ0v) is 20.4. The third kappa shape index (κ3) is 7.81. The van der Waals surface area contributed by atoms with E-state index in [4.69, 9.17) is 0 Å². The summed E-state index contributed by atoms with van der Waals surface area (Å²) < 4.78 is 24.7. The second-order valence-electron chi connectivity index (χ2n) is 6.82. The van der Waals surface area contributed by atoms with Crippen molar-refractivity contribution in [2.24, 2.45) is 10.9 Å². The highest BCUT2D eigenvalue weighted by Gasteiger charge is 2.24. The van der Waals surface area contributed by atoms with Gasteiger partial charge in [0.2, 0.25) is 0 Å². The average Bonchev–Trinajstić information content (AvgIpc) is 2.65. The molecule has 0 radical (unpaired) electrons. The molecule has 5 nitrogen and oxygen atoms in total. The van der Waals surface area contributed by atoms with Gasteiger partial charge in [0.05, 0.1) is 10.6 Å². The van der Waals surface area contributed by atoms with Crippen molar-refractivity contribution < 1.29 is 8.42 Å². The molecular formula is C19H32IN3O2S2. The lowest BCUT2D eigenvalue weighted by Crippen LogP contribution is -2.49. The molecule has 0 saturated carbocycles. The first-order valence-corrected chi connectivity index (χ1v) is 12.1. The van der Waals surface area contributed by atoms with Gasteiger partial charge in [-0.3, -0.25) is 4.99 Å². The van der Waals surface area contributed by atoms with Gasteiger partial charge in [0, 0.05) is 37.2 Å². The summed E-state index contributed by atoms with van der Waals surface area (Å²) >= 11 is 2.04. The van der Waals surface area contributed by atoms with Crippen LogP contribution in [0.4, 0.5) is 0 Å². The van der Waals surface area contributed by atoms with Gasteiger partial charge in [0.15, 0.2) is 15.8 Å². The lowest BCUT2D eigenvalue weighted by molar-refractivity contribution is 0.381. The molecule has 0 amide bonds. The number of sulfone groups is 1. The Kier molecular flexibility index (Phi) is 11.1. The van der Waals surface area contributed by atoms with E-state index in [2.05, 4.69) is 36.0 Å². The zero-order valence-electron chi connectivity index (χ0n) is 16.4. The van der Waals surface area contributed by atoms with Crippen molar-refractivity contribution in [3.8, 4) is 0 Å². The van der Waals surface area contributed by atoms with E-state index in [9.17, 15) is 8.42 Å². The molecule has 1 aliphatic heterocycles. The van der Waals surface area contributed by atoms with Gasteiger partial charge in [0.25, 0.3) is 0 Å². The van der Waals surface area contributed by atoms with Crippen LogP contribution in [0.15, 0.2) is 40.2 Å². The largest absolute Gasteiger partial charge is 0.357 e. The van der Waals surface area contributed by atoms with Crippen LogP contribution in [0.25, 0.3) is 0 Å². The van der Waals surface area contributed by atoms with Gasteiger partial charge in [0.1, 0.15) is 0 Å². The molecule has 0 aliphatic carbocycles. The number of halogens is 1. The van der Waals surface area contributed by atoms with Gasteiger partial charge in [-0.25, -0.2) is 8.42 Å². The highest BCUT2D eigenvalue weighted by Crippen LogP contribution is 2.24. The minimum absolute atomic E-state index is 0. The standard InChI is InChI=1S/C19H31N3O2S2.HI/c1-4-20-19(22-12-13-25-18(15-22)16(2)3)21-11-8-14-26(23,24)17-9-6-5-7-10-17;/h5-7,9-10,16,18H,4,8,11-15H2,1-3H3,(H,20,21);1H. The van der Waals surface area contributed by atoms with E-state index < -0.39 is 9.84 Å². The van der Waals surface area contributed by atoms with Crippen LogP contribution in [0.2, 0.25) is 0 Å². The molecule has 2 rings (SSSR count). The molecule has 1 aromatic rings. The summed E-state index contributed by atoms with van der Waals surface area (Å²) in [5, 5.41) is 3.98. The summed E-state index contributed by atoms with van der Waals surface area (Å²) in [5.41, 5.74) is 0. The molecule has 1 atom stereocenters. The van der Waals surface area contributed by atoms with Gasteiger partial charge in [-0.2, -0.15) is 11.8 Å². The van der Waals surface area contributed by atoms with Crippen molar-refractivity contribution in [1.29, 1.82) is 0 Å². The molecule has 0 bridgehead atoms. The molecule has 1 fully saturated rings. The predicted octanol–water partition coefficient (Wildman–Crippen LogP) is 3.51. The average molecular weight is 526 g/mol. The summed E-state index contributed by atoms with van der Waals surface area (Å²) in [6.45, 7) is 9.91. The van der Waals surface area contributed by atoms with Crippen LogP contribution in [0.5, 0.6) is 0 Å². The summed E-state index contributed by atoms with van der Waals surface area (Å²) in [7, 11) is -3.22. The zero-order chi connectivity index (χ0) is 19.0. The fraction of sp³-hybridized carbons (Fsp3) is 0.632. The minimum atomic E-state index is -3.22. The van der Waals surface area contributed by atoms with Crippen LogP contribution >= 0.6 is 35.7 Å². The third-order valence-electron chi connectivity index (χ3n) is 4.41. The molecule has 154 valence electrons.